The second-order valence-electron chi connectivity index (χ2n) is 8.66. The van der Waals surface area contributed by atoms with Crippen molar-refractivity contribution in [3.8, 4) is 0 Å². The van der Waals surface area contributed by atoms with Gasteiger partial charge in [-0.15, -0.1) is 0 Å². The van der Waals surface area contributed by atoms with Crippen molar-refractivity contribution in [2.45, 2.75) is 63.4 Å². The van der Waals surface area contributed by atoms with Crippen molar-refractivity contribution in [1.29, 1.82) is 0 Å². The van der Waals surface area contributed by atoms with E-state index in [1.807, 2.05) is 19.1 Å². The number of hydrogen-bond acceptors (Lipinski definition) is 5. The number of fused-ring (bicyclic) bond motifs is 3. The molecule has 2 aliphatic heterocycles. The minimum absolute atomic E-state index is 0.154. The van der Waals surface area contributed by atoms with Gasteiger partial charge in [-0.25, -0.2) is 4.68 Å². The van der Waals surface area contributed by atoms with Crippen LogP contribution in [0.4, 0.5) is 0 Å². The monoisotopic (exact) mass is 390 g/mol. The molecule has 2 saturated heterocycles. The number of piperidine rings is 1. The number of aliphatic hydroxyl groups is 1. The first kappa shape index (κ1) is 18.5. The lowest BCUT2D eigenvalue weighted by molar-refractivity contribution is -0.0680. The van der Waals surface area contributed by atoms with Crippen molar-refractivity contribution in [1.82, 2.24) is 19.7 Å². The summed E-state index contributed by atoms with van der Waals surface area (Å²) in [5.74, 6) is 0. The Bertz CT molecular complexity index is 1100. The molecule has 2 fully saturated rings. The van der Waals surface area contributed by atoms with Crippen LogP contribution >= 0.6 is 0 Å². The normalized spacial score (nSPS) is 26.8. The standard InChI is InChI=1S/C23H26N4O2/c1-16-6-11-22(28)27(25-16)15-23(29)12-19-9-10-20(13-23)26(19)14-18-8-7-17-4-2-3-5-21(17)24-18/h2-8,11,19-20,29H,9-10,12-15H2,1H3. The molecule has 150 valence electrons. The Morgan fingerprint density at radius 2 is 1.83 bits per heavy atom. The van der Waals surface area contributed by atoms with E-state index in [1.165, 1.54) is 10.7 Å². The maximum absolute atomic E-state index is 12.1. The van der Waals surface area contributed by atoms with Gasteiger partial charge >= 0.3 is 0 Å². The molecule has 2 unspecified atom stereocenters. The quantitative estimate of drug-likeness (QED) is 0.742. The molecule has 0 aliphatic carbocycles. The number of aryl methyl sites for hydroxylation is 1. The minimum Gasteiger partial charge on any atom is -0.388 e. The molecule has 4 heterocycles. The molecule has 0 spiro atoms. The van der Waals surface area contributed by atoms with Gasteiger partial charge in [-0.3, -0.25) is 14.7 Å². The van der Waals surface area contributed by atoms with E-state index >= 15 is 0 Å². The molecule has 2 aliphatic rings. The lowest BCUT2D eigenvalue weighted by Gasteiger charge is -2.43. The Kier molecular flexibility index (Phi) is 4.48. The Balaban J connectivity index is 1.34. The number of aromatic nitrogens is 3. The highest BCUT2D eigenvalue weighted by atomic mass is 16.3. The topological polar surface area (TPSA) is 71.2 Å². The van der Waals surface area contributed by atoms with Gasteiger partial charge < -0.3 is 5.11 Å². The van der Waals surface area contributed by atoms with E-state index in [-0.39, 0.29) is 12.1 Å². The summed E-state index contributed by atoms with van der Waals surface area (Å²) in [6.45, 7) is 2.93. The predicted molar refractivity (Wildman–Crippen MR) is 112 cm³/mol. The van der Waals surface area contributed by atoms with E-state index < -0.39 is 5.60 Å². The van der Waals surface area contributed by atoms with Crippen LogP contribution in [0.25, 0.3) is 10.9 Å². The summed E-state index contributed by atoms with van der Waals surface area (Å²) < 4.78 is 1.43. The molecule has 1 N–H and O–H groups in total. The number of pyridine rings is 1. The van der Waals surface area contributed by atoms with Gasteiger partial charge in [0.05, 0.1) is 29.1 Å². The van der Waals surface area contributed by atoms with E-state index in [4.69, 9.17) is 4.98 Å². The van der Waals surface area contributed by atoms with Gasteiger partial charge in [0, 0.05) is 30.1 Å². The lowest BCUT2D eigenvalue weighted by Crippen LogP contribution is -2.53. The van der Waals surface area contributed by atoms with E-state index in [0.29, 0.717) is 24.9 Å². The summed E-state index contributed by atoms with van der Waals surface area (Å²) >= 11 is 0. The van der Waals surface area contributed by atoms with Crippen molar-refractivity contribution < 1.29 is 5.11 Å². The second-order valence-corrected chi connectivity index (χ2v) is 8.66. The molecule has 1 aromatic carbocycles. The van der Waals surface area contributed by atoms with Crippen molar-refractivity contribution in [3.63, 3.8) is 0 Å². The lowest BCUT2D eigenvalue weighted by atomic mass is 9.86. The molecule has 2 atom stereocenters. The van der Waals surface area contributed by atoms with E-state index in [9.17, 15) is 9.90 Å². The molecule has 5 rings (SSSR count). The summed E-state index contributed by atoms with van der Waals surface area (Å²) in [6, 6.07) is 16.3. The Morgan fingerprint density at radius 3 is 2.62 bits per heavy atom. The van der Waals surface area contributed by atoms with Crippen molar-refractivity contribution in [2.24, 2.45) is 0 Å². The maximum atomic E-state index is 12.1. The van der Waals surface area contributed by atoms with E-state index in [1.54, 1.807) is 6.07 Å². The van der Waals surface area contributed by atoms with Gasteiger partial charge in [-0.2, -0.15) is 5.10 Å². The zero-order chi connectivity index (χ0) is 20.0. The van der Waals surface area contributed by atoms with Crippen LogP contribution < -0.4 is 5.56 Å². The molecular weight excluding hydrogens is 364 g/mol. The van der Waals surface area contributed by atoms with Crippen LogP contribution in [0, 0.1) is 6.92 Å². The van der Waals surface area contributed by atoms with Gasteiger partial charge in [0.1, 0.15) is 0 Å². The molecule has 0 saturated carbocycles. The van der Waals surface area contributed by atoms with Crippen LogP contribution in [-0.4, -0.2) is 42.5 Å². The van der Waals surface area contributed by atoms with Crippen LogP contribution in [0.2, 0.25) is 0 Å². The van der Waals surface area contributed by atoms with Crippen LogP contribution in [0.5, 0.6) is 0 Å². The van der Waals surface area contributed by atoms with Gasteiger partial charge in [0.2, 0.25) is 0 Å². The highest BCUT2D eigenvalue weighted by Crippen LogP contribution is 2.42. The number of para-hydroxylation sites is 1. The molecule has 0 radical (unpaired) electrons. The Labute approximate surface area is 169 Å². The third-order valence-corrected chi connectivity index (χ3v) is 6.45. The zero-order valence-corrected chi connectivity index (χ0v) is 16.7. The van der Waals surface area contributed by atoms with Gasteiger partial charge in [0.15, 0.2) is 0 Å². The smallest absolute Gasteiger partial charge is 0.266 e. The van der Waals surface area contributed by atoms with E-state index in [0.717, 1.165) is 41.7 Å². The second kappa shape index (κ2) is 7.04. The Morgan fingerprint density at radius 1 is 1.07 bits per heavy atom. The van der Waals surface area contributed by atoms with Crippen LogP contribution in [0.3, 0.4) is 0 Å². The molecule has 2 aromatic heterocycles. The summed E-state index contributed by atoms with van der Waals surface area (Å²) in [5, 5.41) is 16.8. The summed E-state index contributed by atoms with van der Waals surface area (Å²) in [4.78, 5) is 19.5. The van der Waals surface area contributed by atoms with Crippen LogP contribution in [0.15, 0.2) is 53.3 Å². The maximum Gasteiger partial charge on any atom is 0.266 e. The zero-order valence-electron chi connectivity index (χ0n) is 16.7. The largest absolute Gasteiger partial charge is 0.388 e. The van der Waals surface area contributed by atoms with Gasteiger partial charge in [-0.05, 0) is 50.8 Å². The SMILES string of the molecule is Cc1ccc(=O)n(CC2(O)CC3CCC(C2)N3Cc2ccc3ccccc3n2)n1. The van der Waals surface area contributed by atoms with Crippen molar-refractivity contribution in [3.05, 3.63) is 70.3 Å². The average Bonchev–Trinajstić information content (AvgIpc) is 2.94. The number of nitrogens with zero attached hydrogens (tertiary/aromatic N) is 4. The Hall–Kier alpha value is -2.57. The molecule has 0 amide bonds. The predicted octanol–water partition coefficient (Wildman–Crippen LogP) is 2.66. The van der Waals surface area contributed by atoms with Gasteiger partial charge in [0.25, 0.3) is 5.56 Å². The molecule has 2 bridgehead atoms. The first-order valence-electron chi connectivity index (χ1n) is 10.4. The first-order valence-corrected chi connectivity index (χ1v) is 10.4. The molecule has 6 nitrogen and oxygen atoms in total. The highest BCUT2D eigenvalue weighted by Gasteiger charge is 2.47. The molecular formula is C23H26N4O2. The third kappa shape index (κ3) is 3.58. The van der Waals surface area contributed by atoms with Crippen LogP contribution in [0.1, 0.15) is 37.1 Å². The van der Waals surface area contributed by atoms with Crippen LogP contribution in [-0.2, 0) is 13.1 Å². The van der Waals surface area contributed by atoms with E-state index in [2.05, 4.69) is 34.3 Å². The number of hydrogen-bond donors (Lipinski definition) is 1. The molecule has 6 heteroatoms. The number of benzene rings is 1. The average molecular weight is 390 g/mol. The fourth-order valence-electron chi connectivity index (χ4n) is 5.13. The first-order chi connectivity index (χ1) is 14.0. The van der Waals surface area contributed by atoms with Crippen molar-refractivity contribution in [2.75, 3.05) is 0 Å². The fraction of sp³-hybridized carbons (Fsp3) is 0.435. The van der Waals surface area contributed by atoms with Crippen molar-refractivity contribution >= 4 is 10.9 Å². The third-order valence-electron chi connectivity index (χ3n) is 6.45. The fourth-order valence-corrected chi connectivity index (χ4v) is 5.13. The highest BCUT2D eigenvalue weighted by molar-refractivity contribution is 5.78. The summed E-state index contributed by atoms with van der Waals surface area (Å²) in [5.41, 5.74) is 1.84. The summed E-state index contributed by atoms with van der Waals surface area (Å²) in [7, 11) is 0. The molecule has 3 aromatic rings. The molecule has 29 heavy (non-hydrogen) atoms. The summed E-state index contributed by atoms with van der Waals surface area (Å²) in [6.07, 6.45) is 3.49. The number of rotatable bonds is 4. The van der Waals surface area contributed by atoms with Gasteiger partial charge in [-0.1, -0.05) is 24.3 Å². The minimum atomic E-state index is -0.885.